The molecule has 1 saturated heterocycles. The van der Waals surface area contributed by atoms with E-state index in [1.165, 1.54) is 23.7 Å². The Kier molecular flexibility index (Phi) is 7.77. The normalized spacial score (nSPS) is 18.1. The number of nitrogens with one attached hydrogen (secondary N) is 2. The minimum Gasteiger partial charge on any atom is -0.390 e. The molecule has 1 fully saturated rings. The average Bonchev–Trinajstić information content (AvgIpc) is 2.78. The first kappa shape index (κ1) is 24.5. The Bertz CT molecular complexity index is 1110. The van der Waals surface area contributed by atoms with Crippen molar-refractivity contribution in [3.05, 3.63) is 53.5 Å². The van der Waals surface area contributed by atoms with E-state index >= 15 is 0 Å². The largest absolute Gasteiger partial charge is 0.390 e. The zero-order chi connectivity index (χ0) is 24.1. The first-order valence-corrected chi connectivity index (χ1v) is 13.6. The van der Waals surface area contributed by atoms with Gasteiger partial charge in [-0.2, -0.15) is 0 Å². The molecule has 1 atom stereocenters. The first-order valence-electron chi connectivity index (χ1n) is 11.5. The van der Waals surface area contributed by atoms with Crippen molar-refractivity contribution in [3.8, 4) is 0 Å². The summed E-state index contributed by atoms with van der Waals surface area (Å²) in [5, 5.41) is 16.4. The van der Waals surface area contributed by atoms with Crippen LogP contribution >= 0.6 is 0 Å². The fraction of sp³-hybridized carbons (Fsp3) is 0.522. The maximum Gasteiger partial charge on any atom is 0.270 e. The van der Waals surface area contributed by atoms with Gasteiger partial charge < -0.3 is 15.7 Å². The van der Waals surface area contributed by atoms with E-state index in [9.17, 15) is 18.3 Å². The number of aliphatic hydroxyl groups excluding tert-OH is 1. The fourth-order valence-corrected chi connectivity index (χ4v) is 4.87. The standard InChI is InChI=1S/C23H32N6O4S/c1-34(32,33)9-8-29-13-19(14-29)27-22-10-21(25-16-26-22)23(31)24-11-20(30)15-28-7-6-17-4-2-3-5-18(17)12-28/h2-5,10,16,19-20,30H,6-9,11-15H2,1H3,(H,24,31)(H,25,26,27)/t20-/m0/s1. The SMILES string of the molecule is CS(=O)(=O)CCN1CC(Nc2cc(C(=O)NC[C@H](O)CN3CCc4ccccc4C3)ncn2)C1. The van der Waals surface area contributed by atoms with E-state index in [1.54, 1.807) is 6.07 Å². The number of hydrogen-bond donors (Lipinski definition) is 3. The Labute approximate surface area is 200 Å². The summed E-state index contributed by atoms with van der Waals surface area (Å²) in [5.41, 5.74) is 2.87. The average molecular weight is 489 g/mol. The van der Waals surface area contributed by atoms with Crippen molar-refractivity contribution >= 4 is 21.6 Å². The van der Waals surface area contributed by atoms with Crippen molar-refractivity contribution in [1.82, 2.24) is 25.1 Å². The highest BCUT2D eigenvalue weighted by Crippen LogP contribution is 2.18. The Hall–Kier alpha value is -2.60. The predicted molar refractivity (Wildman–Crippen MR) is 129 cm³/mol. The molecule has 1 aromatic carbocycles. The number of sulfone groups is 1. The number of β-amino-alcohol motifs (C(OH)–C–C–N with tert-alkyl or cyclic N) is 1. The molecule has 1 aromatic heterocycles. The summed E-state index contributed by atoms with van der Waals surface area (Å²) in [4.78, 5) is 25.0. The second-order valence-corrected chi connectivity index (χ2v) is 11.4. The van der Waals surface area contributed by atoms with E-state index in [1.807, 2.05) is 6.07 Å². The van der Waals surface area contributed by atoms with Crippen LogP contribution in [0.1, 0.15) is 21.6 Å². The van der Waals surface area contributed by atoms with Crippen LogP contribution in [-0.4, -0.2) is 103 Å². The lowest BCUT2D eigenvalue weighted by Gasteiger charge is -2.39. The molecule has 2 aliphatic heterocycles. The Balaban J connectivity index is 1.19. The quantitative estimate of drug-likeness (QED) is 0.415. The van der Waals surface area contributed by atoms with Crippen molar-refractivity contribution in [2.45, 2.75) is 25.1 Å². The number of hydrogen-bond acceptors (Lipinski definition) is 9. The lowest BCUT2D eigenvalue weighted by molar-refractivity contribution is 0.0838. The number of fused-ring (bicyclic) bond motifs is 1. The lowest BCUT2D eigenvalue weighted by atomic mass is 10.00. The molecule has 0 bridgehead atoms. The highest BCUT2D eigenvalue weighted by Gasteiger charge is 2.27. The van der Waals surface area contributed by atoms with Crippen LogP contribution in [0, 0.1) is 0 Å². The van der Waals surface area contributed by atoms with Gasteiger partial charge >= 0.3 is 0 Å². The van der Waals surface area contributed by atoms with Crippen molar-refractivity contribution in [2.24, 2.45) is 0 Å². The second kappa shape index (κ2) is 10.8. The second-order valence-electron chi connectivity index (χ2n) is 9.14. The maximum atomic E-state index is 12.5. The molecule has 0 spiro atoms. The number of anilines is 1. The van der Waals surface area contributed by atoms with Crippen LogP contribution in [0.4, 0.5) is 5.82 Å². The molecular weight excluding hydrogens is 456 g/mol. The van der Waals surface area contributed by atoms with Crippen molar-refractivity contribution < 1.29 is 18.3 Å². The zero-order valence-electron chi connectivity index (χ0n) is 19.4. The number of rotatable bonds is 10. The molecule has 4 rings (SSSR count). The number of aromatic nitrogens is 2. The Morgan fingerprint density at radius 3 is 2.74 bits per heavy atom. The van der Waals surface area contributed by atoms with Gasteiger partial charge in [0.25, 0.3) is 5.91 Å². The Morgan fingerprint density at radius 2 is 1.97 bits per heavy atom. The Morgan fingerprint density at radius 1 is 1.21 bits per heavy atom. The number of benzene rings is 1. The lowest BCUT2D eigenvalue weighted by Crippen LogP contribution is -2.55. The third-order valence-electron chi connectivity index (χ3n) is 6.16. The van der Waals surface area contributed by atoms with Crippen LogP contribution in [0.5, 0.6) is 0 Å². The van der Waals surface area contributed by atoms with E-state index in [0.29, 0.717) is 32.0 Å². The third kappa shape index (κ3) is 6.95. The van der Waals surface area contributed by atoms with Gasteiger partial charge in [0, 0.05) is 58.1 Å². The molecule has 184 valence electrons. The number of carbonyl (C=O) groups is 1. The summed E-state index contributed by atoms with van der Waals surface area (Å²) < 4.78 is 22.5. The van der Waals surface area contributed by atoms with Gasteiger partial charge in [0.15, 0.2) is 0 Å². The summed E-state index contributed by atoms with van der Waals surface area (Å²) >= 11 is 0. The molecule has 0 radical (unpaired) electrons. The smallest absolute Gasteiger partial charge is 0.270 e. The number of likely N-dealkylation sites (tertiary alicyclic amines) is 1. The van der Waals surface area contributed by atoms with Crippen molar-refractivity contribution in [1.29, 1.82) is 0 Å². The van der Waals surface area contributed by atoms with Gasteiger partial charge in [0.05, 0.1) is 17.9 Å². The van der Waals surface area contributed by atoms with Gasteiger partial charge in [-0.25, -0.2) is 18.4 Å². The monoisotopic (exact) mass is 488 g/mol. The van der Waals surface area contributed by atoms with Gasteiger partial charge in [-0.3, -0.25) is 14.6 Å². The molecule has 1 amide bonds. The van der Waals surface area contributed by atoms with Crippen LogP contribution < -0.4 is 10.6 Å². The summed E-state index contributed by atoms with van der Waals surface area (Å²) in [6.45, 7) is 4.26. The van der Waals surface area contributed by atoms with E-state index in [0.717, 1.165) is 19.5 Å². The number of aliphatic hydroxyl groups is 1. The van der Waals surface area contributed by atoms with Crippen LogP contribution in [0.3, 0.4) is 0 Å². The number of carbonyl (C=O) groups excluding carboxylic acids is 1. The fourth-order valence-electron chi connectivity index (χ4n) is 4.28. The molecule has 0 aliphatic carbocycles. The topological polar surface area (TPSA) is 128 Å². The highest BCUT2D eigenvalue weighted by atomic mass is 32.2. The van der Waals surface area contributed by atoms with Crippen LogP contribution in [0.25, 0.3) is 0 Å². The number of nitrogens with zero attached hydrogens (tertiary/aromatic N) is 4. The summed E-state index contributed by atoms with van der Waals surface area (Å²) in [6.07, 6.45) is 2.85. The molecule has 2 aromatic rings. The molecule has 3 heterocycles. The van der Waals surface area contributed by atoms with Crippen LogP contribution in [-0.2, 0) is 22.8 Å². The number of amides is 1. The molecule has 0 unspecified atom stereocenters. The molecular formula is C23H32N6O4S. The van der Waals surface area contributed by atoms with Gasteiger partial charge in [-0.05, 0) is 17.5 Å². The van der Waals surface area contributed by atoms with Gasteiger partial charge in [0.2, 0.25) is 0 Å². The maximum absolute atomic E-state index is 12.5. The summed E-state index contributed by atoms with van der Waals surface area (Å²) in [5.74, 6) is 0.325. The van der Waals surface area contributed by atoms with E-state index in [4.69, 9.17) is 0 Å². The molecule has 0 saturated carbocycles. The van der Waals surface area contributed by atoms with Crippen LogP contribution in [0.2, 0.25) is 0 Å². The first-order chi connectivity index (χ1) is 16.2. The molecule has 11 heteroatoms. The minimum absolute atomic E-state index is 0.141. The molecule has 34 heavy (non-hydrogen) atoms. The molecule has 3 N–H and O–H groups in total. The summed E-state index contributed by atoms with van der Waals surface area (Å²) in [6, 6.07) is 10.1. The van der Waals surface area contributed by atoms with Gasteiger partial charge in [-0.1, -0.05) is 24.3 Å². The van der Waals surface area contributed by atoms with E-state index in [-0.39, 0.29) is 29.9 Å². The van der Waals surface area contributed by atoms with Gasteiger partial charge in [-0.15, -0.1) is 0 Å². The predicted octanol–water partition coefficient (Wildman–Crippen LogP) is -0.234. The third-order valence-corrected chi connectivity index (χ3v) is 7.09. The van der Waals surface area contributed by atoms with Crippen molar-refractivity contribution in [2.75, 3.05) is 56.6 Å². The molecule has 10 nitrogen and oxygen atoms in total. The molecule has 2 aliphatic rings. The zero-order valence-corrected chi connectivity index (χ0v) is 20.2. The van der Waals surface area contributed by atoms with Crippen LogP contribution in [0.15, 0.2) is 36.7 Å². The summed E-state index contributed by atoms with van der Waals surface area (Å²) in [7, 11) is -2.97. The van der Waals surface area contributed by atoms with E-state index in [2.05, 4.69) is 48.6 Å². The minimum atomic E-state index is -2.97. The van der Waals surface area contributed by atoms with Crippen molar-refractivity contribution in [3.63, 3.8) is 0 Å². The van der Waals surface area contributed by atoms with E-state index < -0.39 is 15.9 Å². The highest BCUT2D eigenvalue weighted by molar-refractivity contribution is 7.90. The van der Waals surface area contributed by atoms with Gasteiger partial charge in [0.1, 0.15) is 27.7 Å².